The number of nitrogens with one attached hydrogen (secondary N) is 4. The molecular weight excluding hydrogens is 397 g/mol. The van der Waals surface area contributed by atoms with Crippen molar-refractivity contribution >= 4 is 5.84 Å². The molecule has 0 radical (unpaired) electrons. The summed E-state index contributed by atoms with van der Waals surface area (Å²) in [7, 11) is 0. The predicted molar refractivity (Wildman–Crippen MR) is 110 cm³/mol. The van der Waals surface area contributed by atoms with Gasteiger partial charge in [-0.1, -0.05) is 19.8 Å². The molecule has 2 saturated carbocycles. The molecule has 1 heterocycles. The molecule has 5 unspecified atom stereocenters. The lowest BCUT2D eigenvalue weighted by molar-refractivity contribution is -0.123. The fraction of sp³-hybridized carbons (Fsp3) is 0.850. The number of hydrogen-bond acceptors (Lipinski definition) is 6. The number of nitrogens with two attached hydrogens (primary N) is 2. The summed E-state index contributed by atoms with van der Waals surface area (Å²) in [5.41, 5.74) is 12.1. The summed E-state index contributed by atoms with van der Waals surface area (Å²) < 4.78 is 38.8. The lowest BCUT2D eigenvalue weighted by Crippen LogP contribution is -2.47. The molecule has 2 aliphatic carbocycles. The summed E-state index contributed by atoms with van der Waals surface area (Å²) in [5, 5.41) is 27.6. The third-order valence-corrected chi connectivity index (χ3v) is 6.98. The second-order valence-electron chi connectivity index (χ2n) is 9.26. The quantitative estimate of drug-likeness (QED) is 0.195. The molecule has 10 heteroatoms. The van der Waals surface area contributed by atoms with Crippen LogP contribution < -0.4 is 27.4 Å². The van der Waals surface area contributed by atoms with Gasteiger partial charge in [0.2, 0.25) is 0 Å². The minimum Gasteiger partial charge on any atom is -0.509 e. The van der Waals surface area contributed by atoms with Crippen molar-refractivity contribution < 1.29 is 18.3 Å². The highest BCUT2D eigenvalue weighted by molar-refractivity contribution is 5.79. The molecule has 7 nitrogen and oxygen atoms in total. The minimum absolute atomic E-state index is 0.0279. The topological polar surface area (TPSA) is 132 Å². The molecule has 0 bridgehead atoms. The second kappa shape index (κ2) is 9.32. The van der Waals surface area contributed by atoms with Gasteiger partial charge in [-0.2, -0.15) is 13.2 Å². The minimum atomic E-state index is -4.42. The Bertz CT molecular complexity index is 647. The Balaban J connectivity index is 1.76. The van der Waals surface area contributed by atoms with Crippen LogP contribution in [-0.4, -0.2) is 48.0 Å². The van der Waals surface area contributed by atoms with Crippen LogP contribution in [0.15, 0.2) is 11.5 Å². The summed E-state index contributed by atoms with van der Waals surface area (Å²) in [6, 6.07) is -0.683. The molecule has 0 spiro atoms. The Morgan fingerprint density at radius 3 is 2.37 bits per heavy atom. The second-order valence-corrected chi connectivity index (χ2v) is 9.26. The van der Waals surface area contributed by atoms with Crippen molar-refractivity contribution in [3.05, 3.63) is 11.5 Å². The van der Waals surface area contributed by atoms with E-state index >= 15 is 0 Å². The maximum atomic E-state index is 12.9. The summed E-state index contributed by atoms with van der Waals surface area (Å²) in [5.74, 6) is 0.564. The first-order chi connectivity index (χ1) is 14.0. The summed E-state index contributed by atoms with van der Waals surface area (Å²) in [4.78, 5) is 0. The van der Waals surface area contributed by atoms with Crippen molar-refractivity contribution in [1.82, 2.24) is 16.0 Å². The van der Waals surface area contributed by atoms with Crippen LogP contribution in [0, 0.1) is 23.2 Å². The molecule has 0 amide bonds. The van der Waals surface area contributed by atoms with Gasteiger partial charge in [0.1, 0.15) is 18.5 Å². The first-order valence-electron chi connectivity index (χ1n) is 10.9. The molecule has 0 aromatic rings. The zero-order valence-corrected chi connectivity index (χ0v) is 17.4. The SMILES string of the molecule is CC1CCC(C(N)/C(O)=C(\NCC(F)(F)F)C2NC3CCC(C(=N)N)CC3N2)CC1. The van der Waals surface area contributed by atoms with Crippen LogP contribution in [0.1, 0.15) is 51.9 Å². The summed E-state index contributed by atoms with van der Waals surface area (Å²) in [6.45, 7) is 0.933. The van der Waals surface area contributed by atoms with Crippen molar-refractivity contribution in [2.75, 3.05) is 6.54 Å². The number of amidine groups is 1. The van der Waals surface area contributed by atoms with E-state index in [4.69, 9.17) is 16.9 Å². The van der Waals surface area contributed by atoms with Gasteiger partial charge in [0.05, 0.1) is 17.6 Å². The molecule has 3 aliphatic rings. The number of fused-ring (bicyclic) bond motifs is 1. The van der Waals surface area contributed by atoms with Gasteiger partial charge in [0, 0.05) is 18.0 Å². The maximum Gasteiger partial charge on any atom is 0.405 e. The number of halogens is 3. The average molecular weight is 433 g/mol. The lowest BCUT2D eigenvalue weighted by atomic mass is 9.78. The van der Waals surface area contributed by atoms with Crippen LogP contribution >= 0.6 is 0 Å². The van der Waals surface area contributed by atoms with E-state index in [1.54, 1.807) is 0 Å². The zero-order chi connectivity index (χ0) is 22.1. The van der Waals surface area contributed by atoms with E-state index in [0.29, 0.717) is 12.3 Å². The van der Waals surface area contributed by atoms with Gasteiger partial charge in [-0.05, 0) is 43.9 Å². The molecule has 3 fully saturated rings. The Hall–Kier alpha value is -1.52. The number of aliphatic hydroxyl groups is 1. The lowest BCUT2D eigenvalue weighted by Gasteiger charge is -2.32. The van der Waals surface area contributed by atoms with Crippen LogP contribution in [0.25, 0.3) is 0 Å². The number of alkyl halides is 3. The van der Waals surface area contributed by atoms with Gasteiger partial charge < -0.3 is 21.9 Å². The smallest absolute Gasteiger partial charge is 0.405 e. The van der Waals surface area contributed by atoms with Gasteiger partial charge in [0.15, 0.2) is 0 Å². The van der Waals surface area contributed by atoms with Crippen molar-refractivity contribution in [1.29, 1.82) is 5.41 Å². The van der Waals surface area contributed by atoms with Gasteiger partial charge >= 0.3 is 6.18 Å². The number of hydrogen-bond donors (Lipinski definition) is 7. The third kappa shape index (κ3) is 5.59. The third-order valence-electron chi connectivity index (χ3n) is 6.98. The van der Waals surface area contributed by atoms with E-state index in [9.17, 15) is 18.3 Å². The fourth-order valence-electron chi connectivity index (χ4n) is 5.06. The largest absolute Gasteiger partial charge is 0.509 e. The van der Waals surface area contributed by atoms with Crippen LogP contribution in [-0.2, 0) is 0 Å². The predicted octanol–water partition coefficient (Wildman–Crippen LogP) is 2.05. The van der Waals surface area contributed by atoms with Crippen molar-refractivity contribution in [3.63, 3.8) is 0 Å². The van der Waals surface area contributed by atoms with Crippen molar-refractivity contribution in [3.8, 4) is 0 Å². The highest BCUT2D eigenvalue weighted by atomic mass is 19.4. The maximum absolute atomic E-state index is 12.9. The van der Waals surface area contributed by atoms with Gasteiger partial charge in [-0.25, -0.2) is 0 Å². The van der Waals surface area contributed by atoms with Crippen LogP contribution in [0.3, 0.4) is 0 Å². The Morgan fingerprint density at radius 1 is 1.13 bits per heavy atom. The normalized spacial score (nSPS) is 36.6. The molecule has 0 aromatic carbocycles. The highest BCUT2D eigenvalue weighted by Gasteiger charge is 2.42. The van der Waals surface area contributed by atoms with Crippen LogP contribution in [0.2, 0.25) is 0 Å². The Kier molecular flexibility index (Phi) is 7.19. The first-order valence-corrected chi connectivity index (χ1v) is 10.9. The molecule has 1 saturated heterocycles. The molecule has 5 atom stereocenters. The van der Waals surface area contributed by atoms with E-state index in [1.165, 1.54) is 0 Å². The summed E-state index contributed by atoms with van der Waals surface area (Å²) in [6.07, 6.45) is 0.829. The van der Waals surface area contributed by atoms with E-state index in [-0.39, 0.29) is 41.2 Å². The van der Waals surface area contributed by atoms with E-state index in [2.05, 4.69) is 22.9 Å². The number of aliphatic hydroxyl groups excluding tert-OH is 1. The van der Waals surface area contributed by atoms with Gasteiger partial charge in [-0.15, -0.1) is 0 Å². The Labute approximate surface area is 175 Å². The Morgan fingerprint density at radius 2 is 1.77 bits per heavy atom. The van der Waals surface area contributed by atoms with E-state index in [1.807, 2.05) is 0 Å². The fourth-order valence-corrected chi connectivity index (χ4v) is 5.06. The van der Waals surface area contributed by atoms with Crippen LogP contribution in [0.4, 0.5) is 13.2 Å². The van der Waals surface area contributed by atoms with Crippen LogP contribution in [0.5, 0.6) is 0 Å². The standard InChI is InChI=1S/C20H35F3N6O/c1-10-2-4-11(5-3-10)15(24)17(30)16(27-9-20(21,22)23)19-28-13-7-6-12(18(25)26)8-14(13)29-19/h10-15,19,27-30H,2-9,24H2,1H3,(H3,25,26)/b17-16+. The average Bonchev–Trinajstić information content (AvgIpc) is 3.09. The molecule has 3 rings (SSSR count). The molecule has 9 N–H and O–H groups in total. The first kappa shape index (κ1) is 23.1. The summed E-state index contributed by atoms with van der Waals surface area (Å²) >= 11 is 0. The molecule has 0 aromatic heterocycles. The zero-order valence-electron chi connectivity index (χ0n) is 17.4. The monoisotopic (exact) mass is 432 g/mol. The van der Waals surface area contributed by atoms with Crippen molar-refractivity contribution in [2.45, 2.75) is 82.3 Å². The van der Waals surface area contributed by atoms with E-state index in [0.717, 1.165) is 38.5 Å². The molecular formula is C20H35F3N6O. The molecule has 30 heavy (non-hydrogen) atoms. The molecule has 172 valence electrons. The van der Waals surface area contributed by atoms with Gasteiger partial charge in [-0.3, -0.25) is 16.0 Å². The van der Waals surface area contributed by atoms with E-state index < -0.39 is 24.9 Å². The highest BCUT2D eigenvalue weighted by Crippen LogP contribution is 2.33. The van der Waals surface area contributed by atoms with Crippen molar-refractivity contribution in [2.24, 2.45) is 29.2 Å². The number of rotatable bonds is 6. The molecule has 1 aliphatic heterocycles. The van der Waals surface area contributed by atoms with Gasteiger partial charge in [0.25, 0.3) is 0 Å².